The highest BCUT2D eigenvalue weighted by molar-refractivity contribution is 7.14. The Bertz CT molecular complexity index is 982. The first-order chi connectivity index (χ1) is 14.1. The normalized spacial score (nSPS) is 10.7. The summed E-state index contributed by atoms with van der Waals surface area (Å²) >= 11 is 1.26. The average Bonchev–Trinajstić information content (AvgIpc) is 3.18. The Kier molecular flexibility index (Phi) is 7.13. The summed E-state index contributed by atoms with van der Waals surface area (Å²) in [6.07, 6.45) is 3.22. The molecule has 7 heteroatoms. The molecule has 1 heterocycles. The molecule has 29 heavy (non-hydrogen) atoms. The highest BCUT2D eigenvalue weighted by atomic mass is 32.1. The zero-order valence-corrected chi connectivity index (χ0v) is 16.6. The van der Waals surface area contributed by atoms with E-state index in [1.54, 1.807) is 11.5 Å². The fraction of sp³-hybridized carbons (Fsp3) is 0.136. The van der Waals surface area contributed by atoms with Gasteiger partial charge in [0.15, 0.2) is 5.13 Å². The highest BCUT2D eigenvalue weighted by Crippen LogP contribution is 2.17. The number of carbonyl (C=O) groups excluding carboxylic acids is 2. The number of esters is 1. The second-order valence-electron chi connectivity index (χ2n) is 6.06. The first kappa shape index (κ1) is 20.3. The van der Waals surface area contributed by atoms with Crippen molar-refractivity contribution in [2.75, 3.05) is 12.4 Å². The fourth-order valence-electron chi connectivity index (χ4n) is 2.40. The largest absolute Gasteiger partial charge is 0.489 e. The number of methoxy groups -OCH3 is 1. The Morgan fingerprint density at radius 3 is 2.59 bits per heavy atom. The van der Waals surface area contributed by atoms with Crippen LogP contribution in [0.15, 0.2) is 66.1 Å². The van der Waals surface area contributed by atoms with Gasteiger partial charge in [-0.3, -0.25) is 14.9 Å². The maximum absolute atomic E-state index is 12.1. The SMILES string of the molecule is COC(=O)Cc1csc(NC(=O)/C=C/c2ccc(OCc3ccccc3)cc2)n1. The van der Waals surface area contributed by atoms with Crippen molar-refractivity contribution in [3.63, 3.8) is 0 Å². The molecule has 0 aliphatic heterocycles. The number of amides is 1. The first-order valence-corrected chi connectivity index (χ1v) is 9.77. The predicted octanol–water partition coefficient (Wildman–Crippen LogP) is 4.09. The number of benzene rings is 2. The van der Waals surface area contributed by atoms with Gasteiger partial charge in [-0.25, -0.2) is 4.98 Å². The summed E-state index contributed by atoms with van der Waals surface area (Å²) in [5.41, 5.74) is 2.54. The Hall–Kier alpha value is -3.45. The van der Waals surface area contributed by atoms with Crippen molar-refractivity contribution < 1.29 is 19.1 Å². The Balaban J connectivity index is 1.49. The van der Waals surface area contributed by atoms with E-state index in [0.717, 1.165) is 16.9 Å². The van der Waals surface area contributed by atoms with Gasteiger partial charge in [-0.1, -0.05) is 42.5 Å². The number of carbonyl (C=O) groups is 2. The van der Waals surface area contributed by atoms with Crippen molar-refractivity contribution in [1.29, 1.82) is 0 Å². The smallest absolute Gasteiger partial charge is 0.311 e. The fourth-order valence-corrected chi connectivity index (χ4v) is 3.11. The van der Waals surface area contributed by atoms with E-state index in [9.17, 15) is 9.59 Å². The third kappa shape index (κ3) is 6.58. The molecule has 1 aromatic heterocycles. The van der Waals surface area contributed by atoms with E-state index in [1.165, 1.54) is 24.5 Å². The van der Waals surface area contributed by atoms with Crippen molar-refractivity contribution >= 4 is 34.4 Å². The van der Waals surface area contributed by atoms with Crippen molar-refractivity contribution in [2.45, 2.75) is 13.0 Å². The third-order valence-corrected chi connectivity index (χ3v) is 4.70. The molecule has 3 rings (SSSR count). The lowest BCUT2D eigenvalue weighted by Gasteiger charge is -2.06. The van der Waals surface area contributed by atoms with Crippen LogP contribution in [0, 0.1) is 0 Å². The van der Waals surface area contributed by atoms with Crippen LogP contribution >= 0.6 is 11.3 Å². The van der Waals surface area contributed by atoms with E-state index in [1.807, 2.05) is 54.6 Å². The minimum Gasteiger partial charge on any atom is -0.489 e. The number of nitrogens with zero attached hydrogens (tertiary/aromatic N) is 1. The maximum atomic E-state index is 12.1. The molecular weight excluding hydrogens is 388 g/mol. The lowest BCUT2D eigenvalue weighted by molar-refractivity contribution is -0.139. The van der Waals surface area contributed by atoms with E-state index in [0.29, 0.717) is 17.4 Å². The quantitative estimate of drug-likeness (QED) is 0.449. The second-order valence-corrected chi connectivity index (χ2v) is 6.92. The van der Waals surface area contributed by atoms with Gasteiger partial charge in [0.1, 0.15) is 12.4 Å². The Morgan fingerprint density at radius 2 is 1.86 bits per heavy atom. The number of aromatic nitrogens is 1. The summed E-state index contributed by atoms with van der Waals surface area (Å²) in [4.78, 5) is 27.5. The third-order valence-electron chi connectivity index (χ3n) is 3.89. The molecule has 0 atom stereocenters. The van der Waals surface area contributed by atoms with E-state index in [2.05, 4.69) is 15.0 Å². The van der Waals surface area contributed by atoms with Crippen LogP contribution in [0.25, 0.3) is 6.08 Å². The van der Waals surface area contributed by atoms with Gasteiger partial charge >= 0.3 is 5.97 Å². The summed E-state index contributed by atoms with van der Waals surface area (Å²) in [7, 11) is 1.32. The molecule has 0 radical (unpaired) electrons. The number of hydrogen-bond donors (Lipinski definition) is 1. The zero-order chi connectivity index (χ0) is 20.5. The zero-order valence-electron chi connectivity index (χ0n) is 15.8. The van der Waals surface area contributed by atoms with Crippen LogP contribution in [0.1, 0.15) is 16.8 Å². The molecule has 1 amide bonds. The molecule has 0 bridgehead atoms. The number of rotatable bonds is 8. The molecule has 2 aromatic carbocycles. The van der Waals surface area contributed by atoms with Crippen molar-refractivity contribution in [1.82, 2.24) is 4.98 Å². The molecule has 0 spiro atoms. The molecule has 0 fully saturated rings. The molecule has 1 N–H and O–H groups in total. The van der Waals surface area contributed by atoms with Crippen LogP contribution < -0.4 is 10.1 Å². The lowest BCUT2D eigenvalue weighted by atomic mass is 10.2. The lowest BCUT2D eigenvalue weighted by Crippen LogP contribution is -2.08. The summed E-state index contributed by atoms with van der Waals surface area (Å²) in [6.45, 7) is 0.504. The van der Waals surface area contributed by atoms with Crippen LogP contribution in [0.4, 0.5) is 5.13 Å². The van der Waals surface area contributed by atoms with E-state index in [-0.39, 0.29) is 18.3 Å². The van der Waals surface area contributed by atoms with Gasteiger partial charge < -0.3 is 9.47 Å². The number of thiazole rings is 1. The molecule has 3 aromatic rings. The molecule has 0 saturated carbocycles. The highest BCUT2D eigenvalue weighted by Gasteiger charge is 2.08. The maximum Gasteiger partial charge on any atom is 0.311 e. The molecule has 0 unspecified atom stereocenters. The van der Waals surface area contributed by atoms with Gasteiger partial charge in [-0.15, -0.1) is 11.3 Å². The van der Waals surface area contributed by atoms with Crippen LogP contribution in [-0.2, 0) is 27.4 Å². The molecule has 6 nitrogen and oxygen atoms in total. The van der Waals surface area contributed by atoms with E-state index in [4.69, 9.17) is 4.74 Å². The molecule has 148 valence electrons. The van der Waals surface area contributed by atoms with Crippen molar-refractivity contribution in [3.8, 4) is 5.75 Å². The molecule has 0 aliphatic rings. The minimum atomic E-state index is -0.371. The predicted molar refractivity (Wildman–Crippen MR) is 113 cm³/mol. The minimum absolute atomic E-state index is 0.0808. The Morgan fingerprint density at radius 1 is 1.10 bits per heavy atom. The van der Waals surface area contributed by atoms with Gasteiger partial charge in [0.05, 0.1) is 19.2 Å². The van der Waals surface area contributed by atoms with E-state index >= 15 is 0 Å². The van der Waals surface area contributed by atoms with Crippen LogP contribution in [-0.4, -0.2) is 24.0 Å². The van der Waals surface area contributed by atoms with Gasteiger partial charge in [0.25, 0.3) is 0 Å². The standard InChI is InChI=1S/C22H20N2O4S/c1-27-21(26)13-18-15-29-22(23-18)24-20(25)12-9-16-7-10-19(11-8-16)28-14-17-5-3-2-4-6-17/h2-12,15H,13-14H2,1H3,(H,23,24,25)/b12-9+. The van der Waals surface area contributed by atoms with Crippen LogP contribution in [0.2, 0.25) is 0 Å². The molecular formula is C22H20N2O4S. The van der Waals surface area contributed by atoms with Gasteiger partial charge in [0.2, 0.25) is 5.91 Å². The number of ether oxygens (including phenoxy) is 2. The van der Waals surface area contributed by atoms with Crippen molar-refractivity contribution in [2.24, 2.45) is 0 Å². The Labute approximate surface area is 172 Å². The number of nitrogens with one attached hydrogen (secondary N) is 1. The average molecular weight is 408 g/mol. The number of hydrogen-bond acceptors (Lipinski definition) is 6. The second kappa shape index (κ2) is 10.2. The van der Waals surface area contributed by atoms with Gasteiger partial charge in [0, 0.05) is 11.5 Å². The summed E-state index contributed by atoms with van der Waals surface area (Å²) < 4.78 is 10.3. The molecule has 0 aliphatic carbocycles. The van der Waals surface area contributed by atoms with Crippen LogP contribution in [0.3, 0.4) is 0 Å². The monoisotopic (exact) mass is 408 g/mol. The van der Waals surface area contributed by atoms with Gasteiger partial charge in [-0.2, -0.15) is 0 Å². The summed E-state index contributed by atoms with van der Waals surface area (Å²) in [5.74, 6) is 0.0917. The van der Waals surface area contributed by atoms with Crippen LogP contribution in [0.5, 0.6) is 5.75 Å². The van der Waals surface area contributed by atoms with E-state index < -0.39 is 0 Å². The first-order valence-electron chi connectivity index (χ1n) is 8.89. The van der Waals surface area contributed by atoms with Crippen molar-refractivity contribution in [3.05, 3.63) is 82.9 Å². The van der Waals surface area contributed by atoms with Gasteiger partial charge in [-0.05, 0) is 29.3 Å². The number of anilines is 1. The summed E-state index contributed by atoms with van der Waals surface area (Å²) in [5, 5.41) is 4.82. The molecule has 0 saturated heterocycles. The topological polar surface area (TPSA) is 77.5 Å². The summed E-state index contributed by atoms with van der Waals surface area (Å²) in [6, 6.07) is 17.4.